The van der Waals surface area contributed by atoms with Crippen LogP contribution in [0.1, 0.15) is 10.4 Å². The first kappa shape index (κ1) is 16.1. The van der Waals surface area contributed by atoms with E-state index in [4.69, 9.17) is 4.74 Å². The molecule has 3 rings (SSSR count). The Morgan fingerprint density at radius 1 is 1.04 bits per heavy atom. The fraction of sp³-hybridized carbons (Fsp3) is 0.188. The minimum absolute atomic E-state index is 0.329. The fourth-order valence-electron chi connectivity index (χ4n) is 2.58. The van der Waals surface area contributed by atoms with Gasteiger partial charge < -0.3 is 10.1 Å². The number of hydrogen-bond acceptors (Lipinski definition) is 4. The standard InChI is InChI=1S/C16H17N3O4S/c1-18-13-9-8-11(10-14(13)19(2)24(18,21)22)17-16(20)12-6-4-5-7-15(12)23-3/h4-10H,1-3H3,(H,17,20). The van der Waals surface area contributed by atoms with Crippen LogP contribution in [0, 0.1) is 0 Å². The van der Waals surface area contributed by atoms with Gasteiger partial charge in [0.1, 0.15) is 5.75 Å². The number of amides is 1. The van der Waals surface area contributed by atoms with Crippen molar-refractivity contribution >= 4 is 33.2 Å². The highest BCUT2D eigenvalue weighted by molar-refractivity contribution is 7.94. The number of para-hydroxylation sites is 1. The monoisotopic (exact) mass is 347 g/mol. The topological polar surface area (TPSA) is 79.0 Å². The molecule has 8 heteroatoms. The van der Waals surface area contributed by atoms with Crippen molar-refractivity contribution in [2.45, 2.75) is 0 Å². The average Bonchev–Trinajstić information content (AvgIpc) is 2.75. The van der Waals surface area contributed by atoms with E-state index in [0.29, 0.717) is 28.4 Å². The smallest absolute Gasteiger partial charge is 0.326 e. The SMILES string of the molecule is COc1ccccc1C(=O)Nc1ccc2c(c1)N(C)S(=O)(=O)N2C. The number of rotatable bonds is 3. The van der Waals surface area contributed by atoms with Crippen molar-refractivity contribution in [1.82, 2.24) is 0 Å². The number of carbonyl (C=O) groups is 1. The molecule has 0 aliphatic carbocycles. The summed E-state index contributed by atoms with van der Waals surface area (Å²) in [5.41, 5.74) is 1.98. The first-order chi connectivity index (χ1) is 11.4. The van der Waals surface area contributed by atoms with Crippen LogP contribution in [0.3, 0.4) is 0 Å². The van der Waals surface area contributed by atoms with Crippen LogP contribution in [0.15, 0.2) is 42.5 Å². The van der Waals surface area contributed by atoms with Gasteiger partial charge in [0.25, 0.3) is 5.91 Å². The summed E-state index contributed by atoms with van der Waals surface area (Å²) < 4.78 is 31.8. The third kappa shape index (κ3) is 2.44. The zero-order chi connectivity index (χ0) is 17.5. The second-order valence-corrected chi connectivity index (χ2v) is 7.29. The van der Waals surface area contributed by atoms with Crippen molar-refractivity contribution in [3.05, 3.63) is 48.0 Å². The molecule has 1 aliphatic rings. The van der Waals surface area contributed by atoms with Crippen LogP contribution in [0.5, 0.6) is 5.75 Å². The Kier molecular flexibility index (Phi) is 3.84. The molecule has 0 saturated heterocycles. The predicted octanol–water partition coefficient (Wildman–Crippen LogP) is 2.08. The van der Waals surface area contributed by atoms with E-state index >= 15 is 0 Å². The number of ether oxygens (including phenoxy) is 1. The van der Waals surface area contributed by atoms with Crippen LogP contribution in [-0.2, 0) is 10.2 Å². The minimum atomic E-state index is -3.54. The Balaban J connectivity index is 1.91. The summed E-state index contributed by atoms with van der Waals surface area (Å²) in [7, 11) is 0.927. The highest BCUT2D eigenvalue weighted by Gasteiger charge is 2.35. The lowest BCUT2D eigenvalue weighted by Gasteiger charge is -2.13. The fourth-order valence-corrected chi connectivity index (χ4v) is 3.75. The lowest BCUT2D eigenvalue weighted by atomic mass is 10.1. The summed E-state index contributed by atoms with van der Waals surface area (Å²) >= 11 is 0. The maximum absolute atomic E-state index is 12.4. The van der Waals surface area contributed by atoms with Gasteiger partial charge in [-0.25, -0.2) is 0 Å². The van der Waals surface area contributed by atoms with E-state index in [1.807, 2.05) is 0 Å². The third-order valence-electron chi connectivity index (χ3n) is 3.96. The van der Waals surface area contributed by atoms with Gasteiger partial charge in [0.05, 0.1) is 24.0 Å². The Hall–Kier alpha value is -2.74. The summed E-state index contributed by atoms with van der Waals surface area (Å²) in [6.45, 7) is 0. The summed E-state index contributed by atoms with van der Waals surface area (Å²) in [4.78, 5) is 12.4. The van der Waals surface area contributed by atoms with Gasteiger partial charge in [-0.1, -0.05) is 12.1 Å². The molecule has 1 amide bonds. The zero-order valence-corrected chi connectivity index (χ0v) is 14.3. The quantitative estimate of drug-likeness (QED) is 0.922. The molecule has 0 spiro atoms. The maximum atomic E-state index is 12.4. The van der Waals surface area contributed by atoms with E-state index in [9.17, 15) is 13.2 Å². The molecule has 0 aromatic heterocycles. The van der Waals surface area contributed by atoms with Gasteiger partial charge in [0.2, 0.25) is 0 Å². The molecule has 0 saturated carbocycles. The highest BCUT2D eigenvalue weighted by atomic mass is 32.2. The number of anilines is 3. The molecule has 0 bridgehead atoms. The Morgan fingerprint density at radius 2 is 1.71 bits per heavy atom. The molecular weight excluding hydrogens is 330 g/mol. The molecule has 2 aromatic rings. The minimum Gasteiger partial charge on any atom is -0.496 e. The molecule has 1 heterocycles. The first-order valence-electron chi connectivity index (χ1n) is 7.17. The molecule has 0 atom stereocenters. The van der Waals surface area contributed by atoms with Crippen molar-refractivity contribution in [3.63, 3.8) is 0 Å². The largest absolute Gasteiger partial charge is 0.496 e. The van der Waals surface area contributed by atoms with Crippen molar-refractivity contribution in [1.29, 1.82) is 0 Å². The molecule has 126 valence electrons. The number of carbonyl (C=O) groups excluding carboxylic acids is 1. The second-order valence-electron chi connectivity index (χ2n) is 5.30. The van der Waals surface area contributed by atoms with Crippen molar-refractivity contribution < 1.29 is 17.9 Å². The Labute approximate surface area is 140 Å². The number of benzene rings is 2. The first-order valence-corrected chi connectivity index (χ1v) is 8.57. The maximum Gasteiger partial charge on any atom is 0.326 e. The molecule has 24 heavy (non-hydrogen) atoms. The molecule has 0 unspecified atom stereocenters. The molecule has 2 aromatic carbocycles. The van der Waals surface area contributed by atoms with Crippen LogP contribution in [-0.4, -0.2) is 35.5 Å². The molecular formula is C16H17N3O4S. The lowest BCUT2D eigenvalue weighted by molar-refractivity contribution is 0.102. The summed E-state index contributed by atoms with van der Waals surface area (Å²) in [6.07, 6.45) is 0. The molecule has 7 nitrogen and oxygen atoms in total. The van der Waals surface area contributed by atoms with Crippen LogP contribution in [0.2, 0.25) is 0 Å². The van der Waals surface area contributed by atoms with Crippen LogP contribution >= 0.6 is 0 Å². The molecule has 0 fully saturated rings. The van der Waals surface area contributed by atoms with Gasteiger partial charge in [0.15, 0.2) is 0 Å². The van der Waals surface area contributed by atoms with Gasteiger partial charge in [-0.15, -0.1) is 0 Å². The van der Waals surface area contributed by atoms with Gasteiger partial charge in [-0.3, -0.25) is 13.4 Å². The van der Waals surface area contributed by atoms with E-state index < -0.39 is 10.2 Å². The van der Waals surface area contributed by atoms with E-state index in [1.165, 1.54) is 29.8 Å². The second kappa shape index (κ2) is 5.72. The summed E-state index contributed by atoms with van der Waals surface area (Å²) in [5, 5.41) is 2.77. The van der Waals surface area contributed by atoms with Gasteiger partial charge in [-0.05, 0) is 30.3 Å². The summed E-state index contributed by atoms with van der Waals surface area (Å²) in [5.74, 6) is 0.139. The molecule has 0 radical (unpaired) electrons. The van der Waals surface area contributed by atoms with Crippen molar-refractivity contribution in [3.8, 4) is 5.75 Å². The summed E-state index contributed by atoms with van der Waals surface area (Å²) in [6, 6.07) is 11.8. The van der Waals surface area contributed by atoms with Crippen LogP contribution < -0.4 is 18.7 Å². The number of nitrogens with zero attached hydrogens (tertiary/aromatic N) is 2. The lowest BCUT2D eigenvalue weighted by Crippen LogP contribution is -2.32. The third-order valence-corrected chi connectivity index (χ3v) is 5.73. The Bertz CT molecular complexity index is 911. The average molecular weight is 347 g/mol. The number of fused-ring (bicyclic) bond motifs is 1. The van der Waals surface area contributed by atoms with Gasteiger partial charge in [-0.2, -0.15) is 8.42 Å². The van der Waals surface area contributed by atoms with E-state index in [0.717, 1.165) is 0 Å². The van der Waals surface area contributed by atoms with E-state index in [-0.39, 0.29) is 5.91 Å². The van der Waals surface area contributed by atoms with Crippen molar-refractivity contribution in [2.75, 3.05) is 35.1 Å². The Morgan fingerprint density at radius 3 is 2.42 bits per heavy atom. The van der Waals surface area contributed by atoms with E-state index in [2.05, 4.69) is 5.32 Å². The number of methoxy groups -OCH3 is 1. The normalized spacial score (nSPS) is 15.1. The zero-order valence-electron chi connectivity index (χ0n) is 13.5. The predicted molar refractivity (Wildman–Crippen MR) is 93.1 cm³/mol. The number of hydrogen-bond donors (Lipinski definition) is 1. The highest BCUT2D eigenvalue weighted by Crippen LogP contribution is 2.40. The number of nitrogens with one attached hydrogen (secondary N) is 1. The van der Waals surface area contributed by atoms with Crippen LogP contribution in [0.25, 0.3) is 0 Å². The van der Waals surface area contributed by atoms with Crippen molar-refractivity contribution in [2.24, 2.45) is 0 Å². The van der Waals surface area contributed by atoms with Crippen LogP contribution in [0.4, 0.5) is 17.1 Å². The van der Waals surface area contributed by atoms with Gasteiger partial charge in [0, 0.05) is 19.8 Å². The molecule has 1 N–H and O–H groups in total. The molecule has 1 aliphatic heterocycles. The van der Waals surface area contributed by atoms with Gasteiger partial charge >= 0.3 is 10.2 Å². The van der Waals surface area contributed by atoms with E-state index in [1.54, 1.807) is 42.5 Å².